The number of pyridine rings is 1. The molecule has 0 amide bonds. The molecule has 0 saturated carbocycles. The molecule has 0 radical (unpaired) electrons. The quantitative estimate of drug-likeness (QED) is 0.916. The van der Waals surface area contributed by atoms with Gasteiger partial charge in [0.15, 0.2) is 0 Å². The summed E-state index contributed by atoms with van der Waals surface area (Å²) in [5.41, 5.74) is 1.96. The van der Waals surface area contributed by atoms with Gasteiger partial charge < -0.3 is 4.74 Å². The van der Waals surface area contributed by atoms with Crippen LogP contribution in [0.4, 0.5) is 0 Å². The fraction of sp³-hybridized carbons (Fsp3) is 0.154. The summed E-state index contributed by atoms with van der Waals surface area (Å²) < 4.78 is 29.5. The van der Waals surface area contributed by atoms with Crippen LogP contribution in [0, 0.1) is 13.8 Å². The monoisotopic (exact) mass is 356 g/mol. The first kappa shape index (κ1) is 15.0. The third-order valence-corrected chi connectivity index (χ3v) is 4.84. The Morgan fingerprint density at radius 1 is 1.25 bits per heavy atom. The van der Waals surface area contributed by atoms with Gasteiger partial charge in [-0.05, 0) is 49.2 Å². The van der Waals surface area contributed by atoms with Gasteiger partial charge in [-0.25, -0.2) is 18.5 Å². The van der Waals surface area contributed by atoms with Gasteiger partial charge in [0.05, 0.1) is 0 Å². The van der Waals surface area contributed by atoms with E-state index in [0.717, 1.165) is 15.6 Å². The fourth-order valence-corrected chi connectivity index (χ4v) is 2.58. The van der Waals surface area contributed by atoms with E-state index in [0.29, 0.717) is 5.75 Å². The van der Waals surface area contributed by atoms with Gasteiger partial charge in [0.25, 0.3) is 0 Å². The number of ether oxygens (including phenoxy) is 1. The van der Waals surface area contributed by atoms with Crippen molar-refractivity contribution in [2.24, 2.45) is 5.14 Å². The number of nitrogens with zero attached hydrogens (tertiary/aromatic N) is 1. The minimum atomic E-state index is -3.88. The van der Waals surface area contributed by atoms with Crippen molar-refractivity contribution in [3.8, 4) is 11.6 Å². The molecule has 0 unspecified atom stereocenters. The first-order valence-electron chi connectivity index (χ1n) is 5.71. The van der Waals surface area contributed by atoms with Crippen molar-refractivity contribution in [3.05, 3.63) is 46.1 Å². The summed E-state index contributed by atoms with van der Waals surface area (Å²) in [5.74, 6) is 0.475. The number of benzene rings is 1. The number of primary sulfonamides is 1. The molecule has 0 aliphatic heterocycles. The van der Waals surface area contributed by atoms with Crippen molar-refractivity contribution in [1.82, 2.24) is 4.98 Å². The first-order chi connectivity index (χ1) is 9.29. The zero-order chi connectivity index (χ0) is 14.9. The Balaban J connectivity index is 2.46. The van der Waals surface area contributed by atoms with E-state index in [1.165, 1.54) is 18.3 Å². The van der Waals surface area contributed by atoms with E-state index >= 15 is 0 Å². The van der Waals surface area contributed by atoms with E-state index in [9.17, 15) is 8.42 Å². The Hall–Kier alpha value is -1.44. The molecular weight excluding hydrogens is 344 g/mol. The molecule has 0 saturated heterocycles. The second-order valence-electron chi connectivity index (χ2n) is 4.32. The lowest BCUT2D eigenvalue weighted by molar-refractivity contribution is 0.446. The van der Waals surface area contributed by atoms with Crippen LogP contribution >= 0.6 is 15.9 Å². The molecule has 0 fully saturated rings. The van der Waals surface area contributed by atoms with Crippen molar-refractivity contribution in [2.75, 3.05) is 0 Å². The zero-order valence-corrected chi connectivity index (χ0v) is 13.3. The normalized spacial score (nSPS) is 11.4. The van der Waals surface area contributed by atoms with Crippen molar-refractivity contribution >= 4 is 26.0 Å². The Labute approximate surface area is 126 Å². The van der Waals surface area contributed by atoms with Crippen LogP contribution in [0.2, 0.25) is 0 Å². The number of hydrogen-bond acceptors (Lipinski definition) is 4. The van der Waals surface area contributed by atoms with Gasteiger partial charge in [-0.15, -0.1) is 0 Å². The minimum Gasteiger partial charge on any atom is -0.438 e. The van der Waals surface area contributed by atoms with Crippen molar-refractivity contribution in [1.29, 1.82) is 0 Å². The molecule has 2 aromatic rings. The van der Waals surface area contributed by atoms with E-state index in [2.05, 4.69) is 20.9 Å². The molecule has 2 N–H and O–H groups in total. The summed E-state index contributed by atoms with van der Waals surface area (Å²) in [4.78, 5) is 3.79. The number of rotatable bonds is 3. The highest BCUT2D eigenvalue weighted by Crippen LogP contribution is 2.30. The Morgan fingerprint density at radius 2 is 1.85 bits per heavy atom. The summed E-state index contributed by atoms with van der Waals surface area (Å²) in [5, 5.41) is 5.14. The molecule has 0 aliphatic carbocycles. The second-order valence-corrected chi connectivity index (χ2v) is 6.65. The molecule has 5 nitrogen and oxygen atoms in total. The molecule has 0 spiro atoms. The second kappa shape index (κ2) is 5.51. The van der Waals surface area contributed by atoms with Crippen LogP contribution in [0.3, 0.4) is 0 Å². The Morgan fingerprint density at radius 3 is 2.40 bits per heavy atom. The van der Waals surface area contributed by atoms with Crippen LogP contribution < -0.4 is 9.88 Å². The van der Waals surface area contributed by atoms with Crippen LogP contribution in [0.5, 0.6) is 11.6 Å². The molecular formula is C13H13BrN2O3S. The molecule has 20 heavy (non-hydrogen) atoms. The van der Waals surface area contributed by atoms with Gasteiger partial charge in [-0.3, -0.25) is 0 Å². The van der Waals surface area contributed by atoms with Crippen LogP contribution in [0.1, 0.15) is 11.1 Å². The SMILES string of the molecule is Cc1cc(Oc2ncccc2S(N)(=O)=O)cc(C)c1Br. The third kappa shape index (κ3) is 3.17. The summed E-state index contributed by atoms with van der Waals surface area (Å²) in [6.45, 7) is 3.84. The van der Waals surface area contributed by atoms with Crippen molar-refractivity contribution < 1.29 is 13.2 Å². The number of aromatic nitrogens is 1. The summed E-state index contributed by atoms with van der Waals surface area (Å²) in [6.07, 6.45) is 1.45. The van der Waals surface area contributed by atoms with E-state index in [1.54, 1.807) is 12.1 Å². The van der Waals surface area contributed by atoms with E-state index in [-0.39, 0.29) is 10.8 Å². The minimum absolute atomic E-state index is 0.0314. The maximum atomic E-state index is 11.5. The largest absolute Gasteiger partial charge is 0.438 e. The Kier molecular flexibility index (Phi) is 4.12. The molecule has 2 rings (SSSR count). The van der Waals surface area contributed by atoms with E-state index in [1.807, 2.05) is 13.8 Å². The lowest BCUT2D eigenvalue weighted by Crippen LogP contribution is -2.13. The molecule has 7 heteroatoms. The molecule has 1 heterocycles. The Bertz CT molecular complexity index is 737. The summed E-state index contributed by atoms with van der Waals surface area (Å²) >= 11 is 3.46. The van der Waals surface area contributed by atoms with E-state index in [4.69, 9.17) is 9.88 Å². The van der Waals surface area contributed by atoms with Crippen molar-refractivity contribution in [3.63, 3.8) is 0 Å². The highest BCUT2D eigenvalue weighted by atomic mass is 79.9. The summed E-state index contributed by atoms with van der Waals surface area (Å²) in [7, 11) is -3.88. The van der Waals surface area contributed by atoms with Gasteiger partial charge >= 0.3 is 0 Å². The molecule has 0 aliphatic rings. The highest BCUT2D eigenvalue weighted by molar-refractivity contribution is 9.10. The number of sulfonamides is 1. The van der Waals surface area contributed by atoms with Crippen LogP contribution in [-0.4, -0.2) is 13.4 Å². The van der Waals surface area contributed by atoms with Gasteiger partial charge in [0.2, 0.25) is 15.9 Å². The number of aryl methyl sites for hydroxylation is 2. The van der Waals surface area contributed by atoms with E-state index < -0.39 is 10.0 Å². The van der Waals surface area contributed by atoms with Crippen LogP contribution in [0.25, 0.3) is 0 Å². The average Bonchev–Trinajstić information content (AvgIpc) is 2.35. The molecule has 1 aromatic heterocycles. The number of nitrogens with two attached hydrogens (primary N) is 1. The average molecular weight is 357 g/mol. The van der Waals surface area contributed by atoms with Crippen LogP contribution in [0.15, 0.2) is 39.8 Å². The maximum Gasteiger partial charge on any atom is 0.243 e. The van der Waals surface area contributed by atoms with Crippen LogP contribution in [-0.2, 0) is 10.0 Å². The molecule has 0 bridgehead atoms. The third-order valence-electron chi connectivity index (χ3n) is 2.67. The summed E-state index contributed by atoms with van der Waals surface area (Å²) in [6, 6.07) is 6.43. The first-order valence-corrected chi connectivity index (χ1v) is 8.05. The topological polar surface area (TPSA) is 82.3 Å². The number of hydrogen-bond donors (Lipinski definition) is 1. The van der Waals surface area contributed by atoms with Gasteiger partial charge in [-0.2, -0.15) is 0 Å². The molecule has 0 atom stereocenters. The molecule has 1 aromatic carbocycles. The molecule has 106 valence electrons. The highest BCUT2D eigenvalue weighted by Gasteiger charge is 2.17. The predicted molar refractivity (Wildman–Crippen MR) is 79.3 cm³/mol. The fourth-order valence-electron chi connectivity index (χ4n) is 1.75. The standard InChI is InChI=1S/C13H13BrN2O3S/c1-8-6-10(7-9(2)12(8)14)19-13-11(20(15,17)18)4-3-5-16-13/h3-7H,1-2H3,(H2,15,17,18). The van der Waals surface area contributed by atoms with Gasteiger partial charge in [0, 0.05) is 10.7 Å². The van der Waals surface area contributed by atoms with Gasteiger partial charge in [-0.1, -0.05) is 15.9 Å². The van der Waals surface area contributed by atoms with Crippen molar-refractivity contribution in [2.45, 2.75) is 18.7 Å². The number of halogens is 1. The zero-order valence-electron chi connectivity index (χ0n) is 10.9. The smallest absolute Gasteiger partial charge is 0.243 e. The maximum absolute atomic E-state index is 11.5. The van der Waals surface area contributed by atoms with Gasteiger partial charge in [0.1, 0.15) is 10.6 Å². The lowest BCUT2D eigenvalue weighted by atomic mass is 10.1. The lowest BCUT2D eigenvalue weighted by Gasteiger charge is -2.11. The predicted octanol–water partition coefficient (Wildman–Crippen LogP) is 2.90.